The van der Waals surface area contributed by atoms with Gasteiger partial charge < -0.3 is 14.3 Å². The molecule has 0 radical (unpaired) electrons. The summed E-state index contributed by atoms with van der Waals surface area (Å²) in [6, 6.07) is 3.46. The Kier molecular flexibility index (Phi) is 5.27. The van der Waals surface area contributed by atoms with Crippen LogP contribution in [0.15, 0.2) is 39.7 Å². The Labute approximate surface area is 145 Å². The monoisotopic (exact) mass is 343 g/mol. The van der Waals surface area contributed by atoms with Crippen LogP contribution in [0.25, 0.3) is 11.6 Å². The lowest BCUT2D eigenvalue weighted by atomic mass is 10.1. The van der Waals surface area contributed by atoms with Crippen LogP contribution in [0.4, 0.5) is 0 Å². The smallest absolute Gasteiger partial charge is 0.238 e. The highest BCUT2D eigenvalue weighted by Gasteiger charge is 2.16. The van der Waals surface area contributed by atoms with Crippen LogP contribution in [-0.2, 0) is 17.8 Å². The van der Waals surface area contributed by atoms with Gasteiger partial charge in [-0.15, -0.1) is 0 Å². The molecule has 3 heterocycles. The molecule has 3 aromatic rings. The summed E-state index contributed by atoms with van der Waals surface area (Å²) in [6.45, 7) is 4.86. The first-order chi connectivity index (χ1) is 12.2. The maximum absolute atomic E-state index is 12.2. The first-order valence-electron chi connectivity index (χ1n) is 8.37. The van der Waals surface area contributed by atoms with Crippen LogP contribution in [0.1, 0.15) is 44.2 Å². The van der Waals surface area contributed by atoms with Crippen LogP contribution in [0.3, 0.4) is 0 Å². The molecule has 0 fully saturated rings. The molecular weight excluding hydrogens is 322 g/mol. The molecule has 0 aliphatic rings. The SMILES string of the molecule is CC[C@H](NC(=O)CCc1nc(-c2ccco2)no1)c1cnn(CC)c1. The average molecular weight is 343 g/mol. The van der Waals surface area contributed by atoms with E-state index in [1.54, 1.807) is 24.6 Å². The summed E-state index contributed by atoms with van der Waals surface area (Å²) in [6.07, 6.45) is 6.75. The van der Waals surface area contributed by atoms with Crippen LogP contribution in [0, 0.1) is 0 Å². The van der Waals surface area contributed by atoms with Crippen LogP contribution < -0.4 is 5.32 Å². The van der Waals surface area contributed by atoms with Crippen molar-refractivity contribution in [2.45, 2.75) is 45.7 Å². The summed E-state index contributed by atoms with van der Waals surface area (Å²) in [5.74, 6) is 1.28. The number of aromatic nitrogens is 4. The highest BCUT2D eigenvalue weighted by Crippen LogP contribution is 2.18. The zero-order valence-corrected chi connectivity index (χ0v) is 14.3. The average Bonchev–Trinajstić information content (AvgIpc) is 3.38. The summed E-state index contributed by atoms with van der Waals surface area (Å²) < 4.78 is 12.2. The van der Waals surface area contributed by atoms with E-state index in [1.807, 2.05) is 24.7 Å². The minimum Gasteiger partial charge on any atom is -0.461 e. The van der Waals surface area contributed by atoms with E-state index in [0.717, 1.165) is 18.5 Å². The first kappa shape index (κ1) is 16.9. The molecule has 1 amide bonds. The van der Waals surface area contributed by atoms with E-state index >= 15 is 0 Å². The number of carbonyl (C=O) groups is 1. The molecule has 0 spiro atoms. The summed E-state index contributed by atoms with van der Waals surface area (Å²) in [7, 11) is 0. The van der Waals surface area contributed by atoms with E-state index in [4.69, 9.17) is 8.94 Å². The Hall–Kier alpha value is -2.90. The fourth-order valence-electron chi connectivity index (χ4n) is 2.50. The summed E-state index contributed by atoms with van der Waals surface area (Å²) in [5, 5.41) is 11.1. The topological polar surface area (TPSA) is 99.0 Å². The van der Waals surface area contributed by atoms with Gasteiger partial charge in [0.2, 0.25) is 17.6 Å². The molecule has 3 aromatic heterocycles. The Bertz CT molecular complexity index is 806. The van der Waals surface area contributed by atoms with Crippen LogP contribution in [0.5, 0.6) is 0 Å². The van der Waals surface area contributed by atoms with Crippen LogP contribution in [0.2, 0.25) is 0 Å². The molecule has 1 N–H and O–H groups in total. The minimum atomic E-state index is -0.0613. The number of nitrogens with zero attached hydrogens (tertiary/aromatic N) is 4. The molecule has 0 aromatic carbocycles. The molecule has 8 heteroatoms. The van der Waals surface area contributed by atoms with E-state index in [2.05, 4.69) is 20.6 Å². The van der Waals surface area contributed by atoms with Crippen molar-refractivity contribution < 1.29 is 13.7 Å². The molecule has 0 aliphatic heterocycles. The lowest BCUT2D eigenvalue weighted by Crippen LogP contribution is -2.28. The van der Waals surface area contributed by atoms with Crippen molar-refractivity contribution in [1.82, 2.24) is 25.2 Å². The quantitative estimate of drug-likeness (QED) is 0.675. The van der Waals surface area contributed by atoms with Gasteiger partial charge in [-0.2, -0.15) is 10.1 Å². The highest BCUT2D eigenvalue weighted by molar-refractivity contribution is 5.76. The van der Waals surface area contributed by atoms with Gasteiger partial charge >= 0.3 is 0 Å². The molecule has 8 nitrogen and oxygen atoms in total. The zero-order chi connectivity index (χ0) is 17.6. The van der Waals surface area contributed by atoms with E-state index in [1.165, 1.54) is 0 Å². The fraction of sp³-hybridized carbons (Fsp3) is 0.412. The zero-order valence-electron chi connectivity index (χ0n) is 14.3. The predicted molar refractivity (Wildman–Crippen MR) is 89.4 cm³/mol. The van der Waals surface area contributed by atoms with E-state index in [0.29, 0.717) is 23.9 Å². The van der Waals surface area contributed by atoms with Gasteiger partial charge in [0.1, 0.15) is 0 Å². The third kappa shape index (κ3) is 4.14. The number of furan rings is 1. The second-order valence-electron chi connectivity index (χ2n) is 5.65. The van der Waals surface area contributed by atoms with Crippen molar-refractivity contribution in [2.24, 2.45) is 0 Å². The van der Waals surface area contributed by atoms with Crippen molar-refractivity contribution in [3.63, 3.8) is 0 Å². The molecule has 0 bridgehead atoms. The second kappa shape index (κ2) is 7.78. The number of hydrogen-bond donors (Lipinski definition) is 1. The molecule has 0 saturated heterocycles. The van der Waals surface area contributed by atoms with E-state index in [-0.39, 0.29) is 18.4 Å². The summed E-state index contributed by atoms with van der Waals surface area (Å²) in [5.41, 5.74) is 1.01. The van der Waals surface area contributed by atoms with Crippen molar-refractivity contribution in [1.29, 1.82) is 0 Å². The van der Waals surface area contributed by atoms with Gasteiger partial charge in [-0.1, -0.05) is 12.1 Å². The third-order valence-electron chi connectivity index (χ3n) is 3.90. The van der Waals surface area contributed by atoms with Gasteiger partial charge in [0.25, 0.3) is 0 Å². The number of aryl methyl sites for hydroxylation is 2. The molecule has 0 aliphatic carbocycles. The summed E-state index contributed by atoms with van der Waals surface area (Å²) >= 11 is 0. The van der Waals surface area contributed by atoms with E-state index in [9.17, 15) is 4.79 Å². The Balaban J connectivity index is 1.53. The van der Waals surface area contributed by atoms with Crippen LogP contribution in [-0.4, -0.2) is 25.8 Å². The first-order valence-corrected chi connectivity index (χ1v) is 8.37. The van der Waals surface area contributed by atoms with Gasteiger partial charge in [0.05, 0.1) is 18.5 Å². The number of rotatable bonds is 8. The molecule has 1 atom stereocenters. The summed E-state index contributed by atoms with van der Waals surface area (Å²) in [4.78, 5) is 16.5. The van der Waals surface area contributed by atoms with E-state index < -0.39 is 0 Å². The normalized spacial score (nSPS) is 12.2. The number of nitrogens with one attached hydrogen (secondary N) is 1. The van der Waals surface area contributed by atoms with Gasteiger partial charge in [-0.05, 0) is 25.5 Å². The minimum absolute atomic E-state index is 0.0471. The Morgan fingerprint density at radius 1 is 1.40 bits per heavy atom. The molecule has 25 heavy (non-hydrogen) atoms. The molecule has 0 unspecified atom stereocenters. The molecule has 0 saturated carbocycles. The Morgan fingerprint density at radius 3 is 2.96 bits per heavy atom. The number of amides is 1. The number of hydrogen-bond acceptors (Lipinski definition) is 6. The largest absolute Gasteiger partial charge is 0.461 e. The number of carbonyl (C=O) groups excluding carboxylic acids is 1. The lowest BCUT2D eigenvalue weighted by Gasteiger charge is -2.15. The van der Waals surface area contributed by atoms with Gasteiger partial charge in [-0.3, -0.25) is 9.48 Å². The highest BCUT2D eigenvalue weighted by atomic mass is 16.5. The standard InChI is InChI=1S/C17H21N5O3/c1-3-13(12-10-18-22(4-2)11-12)19-15(23)7-8-16-20-17(21-25-16)14-6-5-9-24-14/h5-6,9-11,13H,3-4,7-8H2,1-2H3,(H,19,23)/t13-/m0/s1. The molecule has 3 rings (SSSR count). The second-order valence-corrected chi connectivity index (χ2v) is 5.65. The van der Waals surface area contributed by atoms with Crippen molar-refractivity contribution >= 4 is 5.91 Å². The Morgan fingerprint density at radius 2 is 2.28 bits per heavy atom. The lowest BCUT2D eigenvalue weighted by molar-refractivity contribution is -0.121. The van der Waals surface area contributed by atoms with Gasteiger partial charge in [-0.25, -0.2) is 0 Å². The van der Waals surface area contributed by atoms with Gasteiger partial charge in [0, 0.05) is 31.1 Å². The van der Waals surface area contributed by atoms with Crippen molar-refractivity contribution in [2.75, 3.05) is 0 Å². The van der Waals surface area contributed by atoms with Gasteiger partial charge in [0.15, 0.2) is 5.76 Å². The predicted octanol–water partition coefficient (Wildman–Crippen LogP) is 2.75. The maximum atomic E-state index is 12.2. The molecule has 132 valence electrons. The van der Waals surface area contributed by atoms with Crippen LogP contribution >= 0.6 is 0 Å². The molecular formula is C17H21N5O3. The maximum Gasteiger partial charge on any atom is 0.238 e. The van der Waals surface area contributed by atoms with Crippen molar-refractivity contribution in [3.8, 4) is 11.6 Å². The van der Waals surface area contributed by atoms with Crippen molar-refractivity contribution in [3.05, 3.63) is 42.2 Å². The third-order valence-corrected chi connectivity index (χ3v) is 3.90. The fourth-order valence-corrected chi connectivity index (χ4v) is 2.50.